The van der Waals surface area contributed by atoms with Crippen molar-refractivity contribution in [2.75, 3.05) is 7.11 Å². The third-order valence-corrected chi connectivity index (χ3v) is 2.54. The summed E-state index contributed by atoms with van der Waals surface area (Å²) in [5.41, 5.74) is 0.102. The Morgan fingerprint density at radius 1 is 1.23 bits per heavy atom. The van der Waals surface area contributed by atoms with Crippen molar-refractivity contribution in [1.29, 1.82) is 0 Å². The molecule has 0 spiro atoms. The van der Waals surface area contributed by atoms with Gasteiger partial charge in [0.2, 0.25) is 0 Å². The lowest BCUT2D eigenvalue weighted by Crippen LogP contribution is -2.42. The van der Waals surface area contributed by atoms with Crippen LogP contribution in [-0.4, -0.2) is 35.9 Å². The number of ether oxygens (including phenoxy) is 2. The third kappa shape index (κ3) is 6.30. The van der Waals surface area contributed by atoms with Crippen molar-refractivity contribution in [3.63, 3.8) is 0 Å². The zero-order valence-corrected chi connectivity index (χ0v) is 13.1. The van der Waals surface area contributed by atoms with Crippen molar-refractivity contribution in [2.45, 2.75) is 32.4 Å². The number of rotatable bonds is 5. The second-order valence-electron chi connectivity index (χ2n) is 5.59. The summed E-state index contributed by atoms with van der Waals surface area (Å²) in [4.78, 5) is 22.8. The molecule has 1 unspecified atom stereocenters. The van der Waals surface area contributed by atoms with Gasteiger partial charge in [0.1, 0.15) is 17.4 Å². The second-order valence-corrected chi connectivity index (χ2v) is 5.59. The molecule has 0 aliphatic carbocycles. The Morgan fingerprint density at radius 3 is 2.27 bits per heavy atom. The van der Waals surface area contributed by atoms with Gasteiger partial charge in [0.25, 0.3) is 0 Å². The van der Waals surface area contributed by atoms with Crippen LogP contribution in [0.25, 0.3) is 6.08 Å². The molecule has 1 atom stereocenters. The topological polar surface area (TPSA) is 84.9 Å². The zero-order valence-electron chi connectivity index (χ0n) is 13.1. The summed E-state index contributed by atoms with van der Waals surface area (Å²) in [6, 6.07) is 5.91. The maximum atomic E-state index is 11.6. The molecule has 1 amide bonds. The number of carbonyl (C=O) groups excluding carboxylic acids is 1. The van der Waals surface area contributed by atoms with Gasteiger partial charge in [-0.05, 0) is 38.5 Å². The fourth-order valence-corrected chi connectivity index (χ4v) is 1.55. The van der Waals surface area contributed by atoms with E-state index in [0.717, 1.165) is 5.56 Å². The molecular weight excluding hydrogens is 286 g/mol. The Morgan fingerprint density at radius 2 is 1.82 bits per heavy atom. The van der Waals surface area contributed by atoms with Gasteiger partial charge in [-0.15, -0.1) is 0 Å². The van der Waals surface area contributed by atoms with E-state index in [9.17, 15) is 9.59 Å². The predicted molar refractivity (Wildman–Crippen MR) is 82.8 cm³/mol. The lowest BCUT2D eigenvalue weighted by molar-refractivity contribution is -0.138. The number of hydrogen-bond acceptors (Lipinski definition) is 4. The molecular formula is C16H21NO5. The molecule has 0 aliphatic heterocycles. The number of amides is 1. The average molecular weight is 307 g/mol. The van der Waals surface area contributed by atoms with Gasteiger partial charge in [0, 0.05) is 0 Å². The highest BCUT2D eigenvalue weighted by Crippen LogP contribution is 2.13. The highest BCUT2D eigenvalue weighted by atomic mass is 16.6. The van der Waals surface area contributed by atoms with Crippen LogP contribution in [0.5, 0.6) is 5.75 Å². The lowest BCUT2D eigenvalue weighted by Gasteiger charge is -2.21. The van der Waals surface area contributed by atoms with Crippen LogP contribution in [0.3, 0.4) is 0 Å². The van der Waals surface area contributed by atoms with E-state index in [1.165, 1.54) is 6.08 Å². The molecule has 0 aromatic heterocycles. The summed E-state index contributed by atoms with van der Waals surface area (Å²) in [5.74, 6) is -0.463. The number of aliphatic carboxylic acids is 1. The van der Waals surface area contributed by atoms with Gasteiger partial charge in [0.05, 0.1) is 7.11 Å². The Labute approximate surface area is 129 Å². The molecule has 22 heavy (non-hydrogen) atoms. The maximum absolute atomic E-state index is 11.6. The Balaban J connectivity index is 2.72. The van der Waals surface area contributed by atoms with E-state index in [2.05, 4.69) is 5.32 Å². The van der Waals surface area contributed by atoms with Crippen molar-refractivity contribution >= 4 is 18.1 Å². The fraction of sp³-hybridized carbons (Fsp3) is 0.375. The summed E-state index contributed by atoms with van der Waals surface area (Å²) >= 11 is 0. The molecule has 0 heterocycles. The first-order valence-corrected chi connectivity index (χ1v) is 6.76. The van der Waals surface area contributed by atoms with E-state index < -0.39 is 23.7 Å². The van der Waals surface area contributed by atoms with E-state index in [0.29, 0.717) is 5.75 Å². The van der Waals surface area contributed by atoms with Gasteiger partial charge in [-0.25, -0.2) is 9.59 Å². The molecule has 1 aromatic rings. The molecule has 0 fully saturated rings. The maximum Gasteiger partial charge on any atom is 0.408 e. The van der Waals surface area contributed by atoms with Gasteiger partial charge in [-0.1, -0.05) is 24.3 Å². The number of methoxy groups -OCH3 is 1. The van der Waals surface area contributed by atoms with Gasteiger partial charge < -0.3 is 19.9 Å². The number of alkyl carbamates (subject to hydrolysis) is 1. The van der Waals surface area contributed by atoms with Crippen LogP contribution in [0.4, 0.5) is 4.79 Å². The molecule has 6 nitrogen and oxygen atoms in total. The molecule has 120 valence electrons. The first-order chi connectivity index (χ1) is 10.2. The van der Waals surface area contributed by atoms with Crippen molar-refractivity contribution in [2.24, 2.45) is 0 Å². The molecule has 6 heteroatoms. The number of hydrogen-bond donors (Lipinski definition) is 2. The summed E-state index contributed by atoms with van der Waals surface area (Å²) in [7, 11) is 1.57. The molecule has 1 aromatic carbocycles. The molecule has 0 radical (unpaired) electrons. The summed E-state index contributed by atoms with van der Waals surface area (Å²) < 4.78 is 10.1. The Bertz CT molecular complexity index is 543. The number of nitrogens with one attached hydrogen (secondary N) is 1. The van der Waals surface area contributed by atoms with Crippen molar-refractivity contribution in [3.05, 3.63) is 35.9 Å². The van der Waals surface area contributed by atoms with E-state index in [1.54, 1.807) is 58.2 Å². The summed E-state index contributed by atoms with van der Waals surface area (Å²) in [6.45, 7) is 5.11. The number of carboxylic acids is 1. The highest BCUT2D eigenvalue weighted by molar-refractivity contribution is 5.83. The minimum Gasteiger partial charge on any atom is -0.497 e. The minimum absolute atomic E-state index is 0.688. The smallest absolute Gasteiger partial charge is 0.408 e. The van der Waals surface area contributed by atoms with Gasteiger partial charge in [-0.2, -0.15) is 0 Å². The first kappa shape index (κ1) is 17.6. The van der Waals surface area contributed by atoms with Crippen LogP contribution in [0.1, 0.15) is 26.3 Å². The molecule has 1 rings (SSSR count). The lowest BCUT2D eigenvalue weighted by atomic mass is 10.1. The quantitative estimate of drug-likeness (QED) is 0.873. The van der Waals surface area contributed by atoms with Crippen LogP contribution in [0, 0.1) is 0 Å². The molecule has 2 N–H and O–H groups in total. The number of carboxylic acid groups (broad SMARTS) is 1. The second kappa shape index (κ2) is 7.49. The fourth-order valence-electron chi connectivity index (χ4n) is 1.55. The van der Waals surface area contributed by atoms with Crippen LogP contribution in [-0.2, 0) is 9.53 Å². The van der Waals surface area contributed by atoms with Crippen LogP contribution < -0.4 is 10.1 Å². The monoisotopic (exact) mass is 307 g/mol. The van der Waals surface area contributed by atoms with Crippen LogP contribution in [0.2, 0.25) is 0 Å². The zero-order chi connectivity index (χ0) is 16.8. The summed E-state index contributed by atoms with van der Waals surface area (Å²) in [5, 5.41) is 11.4. The average Bonchev–Trinajstić information content (AvgIpc) is 2.41. The van der Waals surface area contributed by atoms with Crippen molar-refractivity contribution in [3.8, 4) is 5.75 Å². The van der Waals surface area contributed by atoms with Crippen LogP contribution >= 0.6 is 0 Å². The van der Waals surface area contributed by atoms with Gasteiger partial charge in [0.15, 0.2) is 0 Å². The van der Waals surface area contributed by atoms with E-state index in [1.807, 2.05) is 0 Å². The van der Waals surface area contributed by atoms with E-state index in [-0.39, 0.29) is 0 Å². The van der Waals surface area contributed by atoms with Gasteiger partial charge in [-0.3, -0.25) is 0 Å². The van der Waals surface area contributed by atoms with Crippen molar-refractivity contribution in [1.82, 2.24) is 5.32 Å². The first-order valence-electron chi connectivity index (χ1n) is 6.76. The number of benzene rings is 1. The Hall–Kier alpha value is -2.50. The molecule has 0 aliphatic rings. The van der Waals surface area contributed by atoms with E-state index >= 15 is 0 Å². The molecule has 0 saturated heterocycles. The summed E-state index contributed by atoms with van der Waals surface area (Å²) in [6.07, 6.45) is 2.21. The van der Waals surface area contributed by atoms with Crippen LogP contribution in [0.15, 0.2) is 30.3 Å². The third-order valence-electron chi connectivity index (χ3n) is 2.54. The Kier molecular flexibility index (Phi) is 5.98. The molecule has 0 saturated carbocycles. The number of carbonyl (C=O) groups is 2. The molecule has 0 bridgehead atoms. The standard InChI is InChI=1S/C16H21NO5/c1-16(2,3)22-15(20)17-13(14(18)19)10-7-11-5-8-12(21-4)9-6-11/h5-10,13H,1-4H3,(H,17,20)(H,18,19)/b10-7+. The van der Waals surface area contributed by atoms with E-state index in [4.69, 9.17) is 14.6 Å². The normalized spacial score (nSPS) is 12.7. The highest BCUT2D eigenvalue weighted by Gasteiger charge is 2.21. The SMILES string of the molecule is COc1ccc(/C=C/C(NC(=O)OC(C)(C)C)C(=O)O)cc1. The van der Waals surface area contributed by atoms with Gasteiger partial charge >= 0.3 is 12.1 Å². The largest absolute Gasteiger partial charge is 0.497 e. The predicted octanol–water partition coefficient (Wildman–Crippen LogP) is 2.69. The minimum atomic E-state index is -1.17. The van der Waals surface area contributed by atoms with Crippen molar-refractivity contribution < 1.29 is 24.2 Å².